The highest BCUT2D eigenvalue weighted by Gasteiger charge is 2.34. The lowest BCUT2D eigenvalue weighted by Gasteiger charge is -2.18. The number of benzene rings is 3. The normalized spacial score (nSPS) is 17.9. The van der Waals surface area contributed by atoms with Crippen LogP contribution < -0.4 is 14.4 Å². The number of halogens is 1. The van der Waals surface area contributed by atoms with E-state index in [1.807, 2.05) is 54.6 Å². The molecule has 0 radical (unpaired) electrons. The molecule has 0 unspecified atom stereocenters. The summed E-state index contributed by atoms with van der Waals surface area (Å²) < 4.78 is 24.4. The standard InChI is InChI=1S/C25H19FN2O3S/c26-19-9-6-17(7-10-19)16-27-25-28(20-4-2-1-3-5-20)24(29)23(32-25)15-18-8-11-21-22(14-18)31-13-12-30-21/h1-11,14-15H,12-13,16H2. The van der Waals surface area contributed by atoms with Crippen molar-refractivity contribution in [1.82, 2.24) is 0 Å². The molecule has 0 N–H and O–H groups in total. The van der Waals surface area contributed by atoms with Crippen molar-refractivity contribution in [2.75, 3.05) is 18.1 Å². The van der Waals surface area contributed by atoms with E-state index in [1.54, 1.807) is 17.0 Å². The van der Waals surface area contributed by atoms with E-state index < -0.39 is 0 Å². The second-order valence-electron chi connectivity index (χ2n) is 7.22. The maximum absolute atomic E-state index is 13.3. The van der Waals surface area contributed by atoms with Gasteiger partial charge in [-0.05, 0) is 65.4 Å². The highest BCUT2D eigenvalue weighted by atomic mass is 32.2. The van der Waals surface area contributed by atoms with Gasteiger partial charge in [0, 0.05) is 0 Å². The van der Waals surface area contributed by atoms with Gasteiger partial charge in [-0.1, -0.05) is 36.4 Å². The van der Waals surface area contributed by atoms with Gasteiger partial charge in [-0.3, -0.25) is 14.7 Å². The molecule has 1 amide bonds. The summed E-state index contributed by atoms with van der Waals surface area (Å²) in [5.41, 5.74) is 2.45. The SMILES string of the molecule is O=C1C(=Cc2ccc3c(c2)OCCO3)SC(=NCc2ccc(F)cc2)N1c1ccccc1. The first-order chi connectivity index (χ1) is 15.7. The van der Waals surface area contributed by atoms with Crippen LogP contribution >= 0.6 is 11.8 Å². The first-order valence-corrected chi connectivity index (χ1v) is 11.0. The average Bonchev–Trinajstić information content (AvgIpc) is 3.14. The smallest absolute Gasteiger partial charge is 0.271 e. The monoisotopic (exact) mass is 446 g/mol. The van der Waals surface area contributed by atoms with E-state index >= 15 is 0 Å². The Morgan fingerprint density at radius 2 is 1.72 bits per heavy atom. The molecule has 0 bridgehead atoms. The van der Waals surface area contributed by atoms with Crippen LogP contribution in [-0.2, 0) is 11.3 Å². The van der Waals surface area contributed by atoms with Gasteiger partial charge in [0.15, 0.2) is 16.7 Å². The van der Waals surface area contributed by atoms with Gasteiger partial charge >= 0.3 is 0 Å². The lowest BCUT2D eigenvalue weighted by Crippen LogP contribution is -2.28. The van der Waals surface area contributed by atoms with Crippen LogP contribution in [0.2, 0.25) is 0 Å². The van der Waals surface area contributed by atoms with Crippen molar-refractivity contribution in [1.29, 1.82) is 0 Å². The molecular weight excluding hydrogens is 427 g/mol. The van der Waals surface area contributed by atoms with Crippen LogP contribution in [0.15, 0.2) is 82.7 Å². The first kappa shape index (κ1) is 20.3. The Labute approximate surface area is 189 Å². The molecule has 3 aromatic carbocycles. The van der Waals surface area contributed by atoms with Crippen molar-refractivity contribution >= 4 is 34.6 Å². The minimum Gasteiger partial charge on any atom is -0.486 e. The highest BCUT2D eigenvalue weighted by Crippen LogP contribution is 2.37. The van der Waals surface area contributed by atoms with E-state index in [9.17, 15) is 9.18 Å². The minimum absolute atomic E-state index is 0.144. The molecule has 5 rings (SSSR count). The predicted molar refractivity (Wildman–Crippen MR) is 124 cm³/mol. The number of nitrogens with zero attached hydrogens (tertiary/aromatic N) is 2. The van der Waals surface area contributed by atoms with Crippen molar-refractivity contribution in [2.45, 2.75) is 6.54 Å². The Hall–Kier alpha value is -3.58. The number of aliphatic imine (C=N–C) groups is 1. The molecule has 160 valence electrons. The molecule has 1 saturated heterocycles. The largest absolute Gasteiger partial charge is 0.486 e. The molecule has 2 heterocycles. The van der Waals surface area contributed by atoms with E-state index in [0.717, 1.165) is 16.8 Å². The summed E-state index contributed by atoms with van der Waals surface area (Å²) in [4.78, 5) is 20.2. The molecule has 1 fully saturated rings. The number of para-hydroxylation sites is 1. The zero-order valence-corrected chi connectivity index (χ0v) is 17.8. The number of fused-ring (bicyclic) bond motifs is 1. The van der Waals surface area contributed by atoms with E-state index in [0.29, 0.717) is 41.3 Å². The van der Waals surface area contributed by atoms with Crippen LogP contribution in [0, 0.1) is 5.82 Å². The maximum Gasteiger partial charge on any atom is 0.271 e. The summed E-state index contributed by atoms with van der Waals surface area (Å²) in [6.45, 7) is 1.38. The van der Waals surface area contributed by atoms with Crippen LogP contribution in [0.1, 0.15) is 11.1 Å². The number of amides is 1. The van der Waals surface area contributed by atoms with Gasteiger partial charge < -0.3 is 9.47 Å². The van der Waals surface area contributed by atoms with E-state index in [2.05, 4.69) is 4.99 Å². The maximum atomic E-state index is 13.3. The molecule has 0 aliphatic carbocycles. The molecule has 0 aromatic heterocycles. The molecule has 3 aromatic rings. The fourth-order valence-corrected chi connectivity index (χ4v) is 4.41. The number of anilines is 1. The van der Waals surface area contributed by atoms with Crippen LogP contribution in [-0.4, -0.2) is 24.3 Å². The fraction of sp³-hybridized carbons (Fsp3) is 0.120. The summed E-state index contributed by atoms with van der Waals surface area (Å²) in [5.74, 6) is 0.943. The van der Waals surface area contributed by atoms with Gasteiger partial charge in [-0.2, -0.15) is 0 Å². The Balaban J connectivity index is 1.47. The van der Waals surface area contributed by atoms with Crippen molar-refractivity contribution in [2.24, 2.45) is 4.99 Å². The molecule has 0 atom stereocenters. The molecular formula is C25H19FN2O3S. The predicted octanol–water partition coefficient (Wildman–Crippen LogP) is 5.27. The zero-order chi connectivity index (χ0) is 21.9. The lowest BCUT2D eigenvalue weighted by molar-refractivity contribution is -0.113. The average molecular weight is 447 g/mol. The molecule has 2 aliphatic rings. The third-order valence-electron chi connectivity index (χ3n) is 4.99. The minimum atomic E-state index is -0.289. The molecule has 32 heavy (non-hydrogen) atoms. The van der Waals surface area contributed by atoms with E-state index in [4.69, 9.17) is 9.47 Å². The number of carbonyl (C=O) groups is 1. The molecule has 0 spiro atoms. The van der Waals surface area contributed by atoms with Gasteiger partial charge in [0.1, 0.15) is 19.0 Å². The van der Waals surface area contributed by atoms with Gasteiger partial charge in [0.25, 0.3) is 5.91 Å². The van der Waals surface area contributed by atoms with Crippen molar-refractivity contribution in [3.63, 3.8) is 0 Å². The molecule has 0 saturated carbocycles. The highest BCUT2D eigenvalue weighted by molar-refractivity contribution is 8.19. The number of thioether (sulfide) groups is 1. The molecule has 5 nitrogen and oxygen atoms in total. The van der Waals surface area contributed by atoms with Crippen molar-refractivity contribution in [3.05, 3.63) is 94.6 Å². The summed E-state index contributed by atoms with van der Waals surface area (Å²) in [5, 5.41) is 0.578. The number of carbonyl (C=O) groups excluding carboxylic acids is 1. The van der Waals surface area contributed by atoms with Crippen LogP contribution in [0.25, 0.3) is 6.08 Å². The van der Waals surface area contributed by atoms with Gasteiger partial charge in [0.2, 0.25) is 0 Å². The Bertz CT molecular complexity index is 1210. The Morgan fingerprint density at radius 1 is 0.969 bits per heavy atom. The molecule has 2 aliphatic heterocycles. The van der Waals surface area contributed by atoms with Crippen LogP contribution in [0.3, 0.4) is 0 Å². The van der Waals surface area contributed by atoms with Crippen LogP contribution in [0.5, 0.6) is 11.5 Å². The second kappa shape index (κ2) is 8.88. The van der Waals surface area contributed by atoms with E-state index in [-0.39, 0.29) is 11.7 Å². The fourth-order valence-electron chi connectivity index (χ4n) is 3.43. The number of amidine groups is 1. The van der Waals surface area contributed by atoms with Crippen molar-refractivity contribution < 1.29 is 18.7 Å². The molecule has 7 heteroatoms. The summed E-state index contributed by atoms with van der Waals surface area (Å²) in [7, 11) is 0. The first-order valence-electron chi connectivity index (χ1n) is 10.1. The summed E-state index contributed by atoms with van der Waals surface area (Å²) >= 11 is 1.32. The number of hydrogen-bond acceptors (Lipinski definition) is 5. The topological polar surface area (TPSA) is 51.1 Å². The lowest BCUT2D eigenvalue weighted by atomic mass is 10.1. The van der Waals surface area contributed by atoms with Gasteiger partial charge in [-0.25, -0.2) is 4.39 Å². The quantitative estimate of drug-likeness (QED) is 0.512. The third kappa shape index (κ3) is 4.24. The summed E-state index contributed by atoms with van der Waals surface area (Å²) in [6, 6.07) is 21.2. The van der Waals surface area contributed by atoms with Crippen molar-refractivity contribution in [3.8, 4) is 11.5 Å². The third-order valence-corrected chi connectivity index (χ3v) is 6.00. The van der Waals surface area contributed by atoms with Gasteiger partial charge in [-0.15, -0.1) is 0 Å². The zero-order valence-electron chi connectivity index (χ0n) is 17.0. The second-order valence-corrected chi connectivity index (χ2v) is 8.22. The number of ether oxygens (including phenoxy) is 2. The summed E-state index contributed by atoms with van der Waals surface area (Å²) in [6.07, 6.45) is 1.83. The van der Waals surface area contributed by atoms with E-state index in [1.165, 1.54) is 23.9 Å². The van der Waals surface area contributed by atoms with Gasteiger partial charge in [0.05, 0.1) is 17.1 Å². The van der Waals surface area contributed by atoms with Crippen LogP contribution in [0.4, 0.5) is 10.1 Å². The Kier molecular flexibility index (Phi) is 5.64. The number of hydrogen-bond donors (Lipinski definition) is 0. The Morgan fingerprint density at radius 3 is 2.50 bits per heavy atom. The number of rotatable bonds is 4.